The van der Waals surface area contributed by atoms with Gasteiger partial charge in [0.05, 0.1) is 16.8 Å². The van der Waals surface area contributed by atoms with Crippen molar-refractivity contribution in [2.24, 2.45) is 0 Å². The van der Waals surface area contributed by atoms with Crippen LogP contribution in [-0.4, -0.2) is 59.3 Å². The van der Waals surface area contributed by atoms with Crippen molar-refractivity contribution in [1.82, 2.24) is 15.1 Å². The van der Waals surface area contributed by atoms with E-state index >= 15 is 0 Å². The van der Waals surface area contributed by atoms with Crippen molar-refractivity contribution in [2.45, 2.75) is 36.8 Å². The molecule has 9 heteroatoms. The molecule has 1 saturated heterocycles. The molecule has 140 valence electrons. The van der Waals surface area contributed by atoms with Gasteiger partial charge in [0.2, 0.25) is 11.8 Å². The van der Waals surface area contributed by atoms with Crippen molar-refractivity contribution in [2.75, 3.05) is 18.6 Å². The molecule has 7 nitrogen and oxygen atoms in total. The third-order valence-corrected chi connectivity index (χ3v) is 7.11. The molecule has 1 aromatic carbocycles. The number of aryl methyl sites for hydroxylation is 1. The highest BCUT2D eigenvalue weighted by molar-refractivity contribution is 8.00. The third kappa shape index (κ3) is 4.27. The van der Waals surface area contributed by atoms with Gasteiger partial charge in [0, 0.05) is 18.7 Å². The summed E-state index contributed by atoms with van der Waals surface area (Å²) in [6.45, 7) is 3.75. The van der Waals surface area contributed by atoms with Crippen LogP contribution in [0.15, 0.2) is 33.9 Å². The van der Waals surface area contributed by atoms with Gasteiger partial charge < -0.3 is 9.32 Å². The second-order valence-corrected chi connectivity index (χ2v) is 10.0. The largest absolute Gasteiger partial charge is 0.411 e. The highest BCUT2D eigenvalue weighted by Crippen LogP contribution is 2.28. The van der Waals surface area contributed by atoms with E-state index in [0.717, 1.165) is 11.1 Å². The average molecular weight is 396 g/mol. The second kappa shape index (κ2) is 7.40. The number of rotatable bonds is 5. The van der Waals surface area contributed by atoms with Crippen LogP contribution in [0.25, 0.3) is 11.5 Å². The number of amides is 1. The molecule has 1 aliphatic rings. The lowest BCUT2D eigenvalue weighted by Crippen LogP contribution is -2.41. The fourth-order valence-electron chi connectivity index (χ4n) is 2.82. The third-order valence-electron chi connectivity index (χ3n) is 4.43. The zero-order chi connectivity index (χ0) is 18.9. The monoisotopic (exact) mass is 395 g/mol. The maximum Gasteiger partial charge on any atom is 0.277 e. The summed E-state index contributed by atoms with van der Waals surface area (Å²) in [5.41, 5.74) is 1.96. The van der Waals surface area contributed by atoms with Crippen LogP contribution in [0.4, 0.5) is 0 Å². The Labute approximate surface area is 157 Å². The molecule has 3 rings (SSSR count). The number of thioether (sulfide) groups is 1. The smallest absolute Gasteiger partial charge is 0.277 e. The molecule has 1 aliphatic heterocycles. The zero-order valence-corrected chi connectivity index (χ0v) is 16.5. The molecule has 1 fully saturated rings. The fourth-order valence-corrected chi connectivity index (χ4v) is 5.38. The summed E-state index contributed by atoms with van der Waals surface area (Å²) in [4.78, 5) is 14.1. The van der Waals surface area contributed by atoms with Crippen molar-refractivity contribution >= 4 is 27.5 Å². The predicted molar refractivity (Wildman–Crippen MR) is 99.6 cm³/mol. The van der Waals surface area contributed by atoms with Gasteiger partial charge in [0.25, 0.3) is 5.22 Å². The fraction of sp³-hybridized carbons (Fsp3) is 0.471. The molecule has 1 aromatic heterocycles. The minimum Gasteiger partial charge on any atom is -0.411 e. The van der Waals surface area contributed by atoms with Crippen molar-refractivity contribution in [3.05, 3.63) is 29.8 Å². The molecular weight excluding hydrogens is 374 g/mol. The van der Waals surface area contributed by atoms with Gasteiger partial charge in [0.15, 0.2) is 9.84 Å². The first-order valence-electron chi connectivity index (χ1n) is 8.29. The van der Waals surface area contributed by atoms with Crippen LogP contribution < -0.4 is 0 Å². The Morgan fingerprint density at radius 1 is 1.31 bits per heavy atom. The molecule has 1 amide bonds. The molecule has 2 heterocycles. The molecule has 0 saturated carbocycles. The SMILES string of the molecule is Cc1ccc(-c2nnc(S[C@H](C)C(=O)N(C)[C@@H]3CCS(=O)(=O)C3)o2)cc1. The van der Waals surface area contributed by atoms with Crippen LogP contribution in [0.5, 0.6) is 0 Å². The topological polar surface area (TPSA) is 93.4 Å². The van der Waals surface area contributed by atoms with Crippen molar-refractivity contribution < 1.29 is 17.6 Å². The Hall–Kier alpha value is -1.87. The summed E-state index contributed by atoms with van der Waals surface area (Å²) < 4.78 is 28.9. The molecule has 0 N–H and O–H groups in total. The minimum absolute atomic E-state index is 0.0325. The van der Waals surface area contributed by atoms with Crippen LogP contribution >= 0.6 is 11.8 Å². The van der Waals surface area contributed by atoms with E-state index in [2.05, 4.69) is 10.2 Å². The van der Waals surface area contributed by atoms with E-state index in [1.165, 1.54) is 16.7 Å². The average Bonchev–Trinajstić information content (AvgIpc) is 3.20. The lowest BCUT2D eigenvalue weighted by Gasteiger charge is -2.25. The Bertz CT molecular complexity index is 893. The molecule has 2 atom stereocenters. The van der Waals surface area contributed by atoms with Crippen LogP contribution in [-0.2, 0) is 14.6 Å². The summed E-state index contributed by atoms with van der Waals surface area (Å²) >= 11 is 1.18. The van der Waals surface area contributed by atoms with Gasteiger partial charge in [0.1, 0.15) is 0 Å². The minimum atomic E-state index is -3.03. The van der Waals surface area contributed by atoms with E-state index in [1.54, 1.807) is 14.0 Å². The van der Waals surface area contributed by atoms with Gasteiger partial charge in [-0.25, -0.2) is 8.42 Å². The van der Waals surface area contributed by atoms with Gasteiger partial charge in [-0.05, 0) is 32.4 Å². The van der Waals surface area contributed by atoms with Gasteiger partial charge >= 0.3 is 0 Å². The first-order chi connectivity index (χ1) is 12.2. The molecule has 0 radical (unpaired) electrons. The van der Waals surface area contributed by atoms with Crippen LogP contribution in [0.2, 0.25) is 0 Å². The number of aromatic nitrogens is 2. The van der Waals surface area contributed by atoms with E-state index < -0.39 is 15.1 Å². The molecule has 2 aromatic rings. The quantitative estimate of drug-likeness (QED) is 0.716. The molecule has 0 bridgehead atoms. The van der Waals surface area contributed by atoms with Crippen LogP contribution in [0.1, 0.15) is 18.9 Å². The lowest BCUT2D eigenvalue weighted by atomic mass is 10.1. The Morgan fingerprint density at radius 2 is 2.00 bits per heavy atom. The maximum absolute atomic E-state index is 12.6. The first kappa shape index (κ1) is 18.9. The van der Waals surface area contributed by atoms with Crippen molar-refractivity contribution in [1.29, 1.82) is 0 Å². The van der Waals surface area contributed by atoms with Gasteiger partial charge in [-0.2, -0.15) is 0 Å². The number of sulfone groups is 1. The second-order valence-electron chi connectivity index (χ2n) is 6.51. The van der Waals surface area contributed by atoms with E-state index in [-0.39, 0.29) is 23.5 Å². The molecular formula is C17H21N3O4S2. The summed E-state index contributed by atoms with van der Waals surface area (Å²) in [6, 6.07) is 7.47. The van der Waals surface area contributed by atoms with Crippen molar-refractivity contribution in [3.8, 4) is 11.5 Å². The Balaban J connectivity index is 1.63. The Morgan fingerprint density at radius 3 is 2.62 bits per heavy atom. The highest BCUT2D eigenvalue weighted by Gasteiger charge is 2.34. The van der Waals surface area contributed by atoms with E-state index in [4.69, 9.17) is 4.42 Å². The summed E-state index contributed by atoms with van der Waals surface area (Å²) in [6.07, 6.45) is 0.486. The summed E-state index contributed by atoms with van der Waals surface area (Å²) in [7, 11) is -1.38. The Kier molecular flexibility index (Phi) is 5.38. The molecule has 0 aliphatic carbocycles. The molecule has 0 unspecified atom stereocenters. The van der Waals surface area contributed by atoms with Gasteiger partial charge in [-0.1, -0.05) is 29.5 Å². The molecule has 26 heavy (non-hydrogen) atoms. The van der Waals surface area contributed by atoms with Crippen molar-refractivity contribution in [3.63, 3.8) is 0 Å². The van der Waals surface area contributed by atoms with Gasteiger partial charge in [-0.15, -0.1) is 10.2 Å². The predicted octanol–water partition coefficient (Wildman–Crippen LogP) is 2.17. The van der Waals surface area contributed by atoms with E-state index in [1.807, 2.05) is 31.2 Å². The number of benzene rings is 1. The van der Waals surface area contributed by atoms with E-state index in [0.29, 0.717) is 17.5 Å². The first-order valence-corrected chi connectivity index (χ1v) is 11.0. The van der Waals surface area contributed by atoms with Gasteiger partial charge in [-0.3, -0.25) is 4.79 Å². The molecule has 0 spiro atoms. The summed E-state index contributed by atoms with van der Waals surface area (Å²) in [5, 5.41) is 7.89. The summed E-state index contributed by atoms with van der Waals surface area (Å²) in [5.74, 6) is 0.431. The number of hydrogen-bond donors (Lipinski definition) is 0. The lowest BCUT2D eigenvalue weighted by molar-refractivity contribution is -0.130. The standard InChI is InChI=1S/C17H21N3O4S2/c1-11-4-6-13(7-5-11)15-18-19-17(24-15)25-12(2)16(21)20(3)14-8-9-26(22,23)10-14/h4-7,12,14H,8-10H2,1-3H3/t12-,14-/m1/s1. The maximum atomic E-state index is 12.6. The number of nitrogens with zero attached hydrogens (tertiary/aromatic N) is 3. The highest BCUT2D eigenvalue weighted by atomic mass is 32.2. The number of hydrogen-bond acceptors (Lipinski definition) is 7. The van der Waals surface area contributed by atoms with E-state index in [9.17, 15) is 13.2 Å². The zero-order valence-electron chi connectivity index (χ0n) is 14.9. The van der Waals surface area contributed by atoms with Crippen LogP contribution in [0.3, 0.4) is 0 Å². The number of carbonyl (C=O) groups excluding carboxylic acids is 1. The van der Waals surface area contributed by atoms with Crippen LogP contribution in [0, 0.1) is 6.92 Å². The normalized spacial score (nSPS) is 20.0. The number of carbonyl (C=O) groups is 1.